The minimum Gasteiger partial charge on any atom is -0.356 e. The number of aliphatic imine (C=N–C) groups is 1. The largest absolute Gasteiger partial charge is 0.356 e. The molecule has 0 unspecified atom stereocenters. The van der Waals surface area contributed by atoms with Gasteiger partial charge in [0.25, 0.3) is 0 Å². The van der Waals surface area contributed by atoms with Crippen molar-refractivity contribution in [2.24, 2.45) is 4.99 Å². The van der Waals surface area contributed by atoms with Crippen LogP contribution in [0.15, 0.2) is 47.7 Å². The van der Waals surface area contributed by atoms with Crippen molar-refractivity contribution in [1.82, 2.24) is 25.5 Å². The summed E-state index contributed by atoms with van der Waals surface area (Å²) in [4.78, 5) is 30.0. The van der Waals surface area contributed by atoms with E-state index in [2.05, 4.69) is 63.6 Å². The normalized spacial score (nSPS) is 13.9. The second-order valence-corrected chi connectivity index (χ2v) is 8.02. The number of carbonyl (C=O) groups excluding carboxylic acids is 1. The molecule has 0 radical (unpaired) electrons. The number of hydrogen-bond donors (Lipinski definition) is 2. The summed E-state index contributed by atoms with van der Waals surface area (Å²) in [6.45, 7) is 9.19. The Bertz CT molecular complexity index is 853. The van der Waals surface area contributed by atoms with Crippen LogP contribution in [0.1, 0.15) is 37.3 Å². The Morgan fingerprint density at radius 3 is 2.36 bits per heavy atom. The molecule has 1 aliphatic heterocycles. The van der Waals surface area contributed by atoms with Gasteiger partial charge in [-0.2, -0.15) is 0 Å². The predicted octanol–water partition coefficient (Wildman–Crippen LogP) is 2.98. The number of unbranched alkanes of at least 4 members (excludes halogenated alkanes) is 1. The standard InChI is InChI=1S/C24H35N7O.HI/c1-3-4-11-25-23(29-19-21-8-6-20(2)7-9-21)26-14-10-22(32)30-15-17-31(18-16-30)24-27-12-5-13-28-24;/h5-9,12-13H,3-4,10-11,14-19H2,1-2H3,(H2,25,26,29);1H. The van der Waals surface area contributed by atoms with E-state index in [4.69, 9.17) is 4.99 Å². The van der Waals surface area contributed by atoms with E-state index >= 15 is 0 Å². The van der Waals surface area contributed by atoms with Crippen molar-refractivity contribution >= 4 is 41.8 Å². The molecule has 0 spiro atoms. The quantitative estimate of drug-likeness (QED) is 0.211. The van der Waals surface area contributed by atoms with E-state index < -0.39 is 0 Å². The molecule has 1 aliphatic rings. The lowest BCUT2D eigenvalue weighted by Gasteiger charge is -2.34. The molecule has 0 saturated carbocycles. The van der Waals surface area contributed by atoms with Gasteiger partial charge in [-0.1, -0.05) is 43.2 Å². The number of carbonyl (C=O) groups is 1. The summed E-state index contributed by atoms with van der Waals surface area (Å²) in [5, 5.41) is 6.70. The topological polar surface area (TPSA) is 85.8 Å². The molecule has 1 fully saturated rings. The van der Waals surface area contributed by atoms with E-state index in [9.17, 15) is 4.79 Å². The molecule has 2 N–H and O–H groups in total. The van der Waals surface area contributed by atoms with E-state index in [0.29, 0.717) is 32.6 Å². The highest BCUT2D eigenvalue weighted by molar-refractivity contribution is 14.0. The highest BCUT2D eigenvalue weighted by Crippen LogP contribution is 2.10. The smallest absolute Gasteiger partial charge is 0.225 e. The zero-order valence-electron chi connectivity index (χ0n) is 19.7. The highest BCUT2D eigenvalue weighted by Gasteiger charge is 2.22. The average Bonchev–Trinajstić information content (AvgIpc) is 2.84. The zero-order valence-corrected chi connectivity index (χ0v) is 22.0. The molecule has 1 aromatic carbocycles. The predicted molar refractivity (Wildman–Crippen MR) is 144 cm³/mol. The van der Waals surface area contributed by atoms with Gasteiger partial charge in [0.15, 0.2) is 5.96 Å². The van der Waals surface area contributed by atoms with Crippen LogP contribution >= 0.6 is 24.0 Å². The Kier molecular flexibility index (Phi) is 11.9. The van der Waals surface area contributed by atoms with Gasteiger partial charge in [0.2, 0.25) is 11.9 Å². The summed E-state index contributed by atoms with van der Waals surface area (Å²) in [6, 6.07) is 10.2. The fraction of sp³-hybridized carbons (Fsp3) is 0.500. The maximum atomic E-state index is 12.7. The van der Waals surface area contributed by atoms with Crippen molar-refractivity contribution in [3.8, 4) is 0 Å². The van der Waals surface area contributed by atoms with E-state index in [1.807, 2.05) is 11.0 Å². The SMILES string of the molecule is CCCCNC(=NCc1ccc(C)cc1)NCCC(=O)N1CCN(c2ncccn2)CC1.I. The van der Waals surface area contributed by atoms with Gasteiger partial charge in [0, 0.05) is 58.1 Å². The first-order valence-electron chi connectivity index (χ1n) is 11.5. The second kappa shape index (κ2) is 14.7. The van der Waals surface area contributed by atoms with Gasteiger partial charge in [-0.25, -0.2) is 15.0 Å². The first kappa shape index (κ1) is 26.8. The molecule has 1 amide bonds. The number of halogens is 1. The van der Waals surface area contributed by atoms with Crippen LogP contribution in [0.4, 0.5) is 5.95 Å². The third-order valence-electron chi connectivity index (χ3n) is 5.46. The van der Waals surface area contributed by atoms with Crippen molar-refractivity contribution < 1.29 is 4.79 Å². The number of benzene rings is 1. The molecule has 2 aromatic rings. The molecular formula is C24H36IN7O. The van der Waals surface area contributed by atoms with Crippen LogP contribution < -0.4 is 15.5 Å². The summed E-state index contributed by atoms with van der Waals surface area (Å²) in [6.07, 6.45) is 6.15. The molecule has 3 rings (SSSR count). The van der Waals surface area contributed by atoms with Crippen molar-refractivity contribution in [3.05, 3.63) is 53.9 Å². The molecule has 0 atom stereocenters. The van der Waals surface area contributed by atoms with Crippen molar-refractivity contribution in [1.29, 1.82) is 0 Å². The Hall–Kier alpha value is -2.43. The van der Waals surface area contributed by atoms with Gasteiger partial charge in [-0.15, -0.1) is 24.0 Å². The maximum absolute atomic E-state index is 12.7. The van der Waals surface area contributed by atoms with Crippen LogP contribution in [0.2, 0.25) is 0 Å². The molecule has 8 nitrogen and oxygen atoms in total. The van der Waals surface area contributed by atoms with Crippen LogP contribution in [0.25, 0.3) is 0 Å². The van der Waals surface area contributed by atoms with E-state index in [1.54, 1.807) is 12.4 Å². The Balaban J connectivity index is 0.00000385. The maximum Gasteiger partial charge on any atom is 0.225 e. The van der Waals surface area contributed by atoms with Gasteiger partial charge in [-0.3, -0.25) is 4.79 Å². The monoisotopic (exact) mass is 565 g/mol. The Labute approximate surface area is 214 Å². The molecule has 1 aromatic heterocycles. The van der Waals surface area contributed by atoms with Gasteiger partial charge >= 0.3 is 0 Å². The Morgan fingerprint density at radius 2 is 1.70 bits per heavy atom. The average molecular weight is 566 g/mol. The van der Waals surface area contributed by atoms with Crippen molar-refractivity contribution in [3.63, 3.8) is 0 Å². The molecule has 180 valence electrons. The summed E-state index contributed by atoms with van der Waals surface area (Å²) < 4.78 is 0. The van der Waals surface area contributed by atoms with Crippen LogP contribution in [0.3, 0.4) is 0 Å². The number of hydrogen-bond acceptors (Lipinski definition) is 5. The fourth-order valence-corrected chi connectivity index (χ4v) is 3.48. The van der Waals surface area contributed by atoms with E-state index in [0.717, 1.165) is 44.4 Å². The van der Waals surface area contributed by atoms with Crippen molar-refractivity contribution in [2.45, 2.75) is 39.7 Å². The zero-order chi connectivity index (χ0) is 22.6. The molecule has 33 heavy (non-hydrogen) atoms. The Morgan fingerprint density at radius 1 is 1.03 bits per heavy atom. The summed E-state index contributed by atoms with van der Waals surface area (Å²) in [5.74, 6) is 1.66. The van der Waals surface area contributed by atoms with Crippen LogP contribution in [-0.2, 0) is 11.3 Å². The van der Waals surface area contributed by atoms with Gasteiger partial charge in [-0.05, 0) is 25.0 Å². The lowest BCUT2D eigenvalue weighted by molar-refractivity contribution is -0.131. The first-order chi connectivity index (χ1) is 15.7. The number of guanidine groups is 1. The highest BCUT2D eigenvalue weighted by atomic mass is 127. The van der Waals surface area contributed by atoms with Crippen LogP contribution in [0, 0.1) is 6.92 Å². The third kappa shape index (κ3) is 9.15. The number of amides is 1. The lowest BCUT2D eigenvalue weighted by Crippen LogP contribution is -2.50. The van der Waals surface area contributed by atoms with Gasteiger partial charge in [0.05, 0.1) is 6.54 Å². The molecule has 0 aliphatic carbocycles. The molecular weight excluding hydrogens is 529 g/mol. The number of aryl methyl sites for hydroxylation is 1. The number of nitrogens with one attached hydrogen (secondary N) is 2. The summed E-state index contributed by atoms with van der Waals surface area (Å²) in [7, 11) is 0. The minimum atomic E-state index is 0. The summed E-state index contributed by atoms with van der Waals surface area (Å²) in [5.41, 5.74) is 2.41. The fourth-order valence-electron chi connectivity index (χ4n) is 3.48. The first-order valence-corrected chi connectivity index (χ1v) is 11.5. The number of piperazine rings is 1. The number of nitrogens with zero attached hydrogens (tertiary/aromatic N) is 5. The van der Waals surface area contributed by atoms with E-state index in [-0.39, 0.29) is 29.9 Å². The van der Waals surface area contributed by atoms with Crippen molar-refractivity contribution in [2.75, 3.05) is 44.2 Å². The number of aromatic nitrogens is 2. The molecule has 1 saturated heterocycles. The molecule has 9 heteroatoms. The second-order valence-electron chi connectivity index (χ2n) is 8.02. The summed E-state index contributed by atoms with van der Waals surface area (Å²) >= 11 is 0. The number of anilines is 1. The third-order valence-corrected chi connectivity index (χ3v) is 5.46. The minimum absolute atomic E-state index is 0. The van der Waals surface area contributed by atoms with Crippen LogP contribution in [-0.4, -0.2) is 66.0 Å². The van der Waals surface area contributed by atoms with Gasteiger partial charge < -0.3 is 20.4 Å². The molecule has 2 heterocycles. The number of rotatable bonds is 9. The lowest BCUT2D eigenvalue weighted by atomic mass is 10.1. The molecule has 0 bridgehead atoms. The van der Waals surface area contributed by atoms with E-state index in [1.165, 1.54) is 11.1 Å². The van der Waals surface area contributed by atoms with Gasteiger partial charge in [0.1, 0.15) is 0 Å². The van der Waals surface area contributed by atoms with Crippen LogP contribution in [0.5, 0.6) is 0 Å².